The van der Waals surface area contributed by atoms with E-state index in [-0.39, 0.29) is 18.9 Å². The van der Waals surface area contributed by atoms with Crippen molar-refractivity contribution in [1.82, 2.24) is 0 Å². The Balaban J connectivity index is 2.89. The first kappa shape index (κ1) is 12.1. The maximum atomic E-state index is 14.3. The second-order valence-electron chi connectivity index (χ2n) is 4.30. The molecular weight excluding hydrogens is 199 g/mol. The van der Waals surface area contributed by atoms with Crippen molar-refractivity contribution in [2.24, 2.45) is 11.8 Å². The Hall–Kier alpha value is -0.930. The molecule has 0 aromatic heterocycles. The highest BCUT2D eigenvalue weighted by Gasteiger charge is 2.55. The average molecular weight is 216 g/mol. The summed E-state index contributed by atoms with van der Waals surface area (Å²) in [5.74, 6) is -2.10. The standard InChI is InChI=1S/C11H17FO3/c1-4-15-10(14)11(12)8(3)5-7(2)6-9(11)13/h7-8H,4-6H2,1-3H3. The van der Waals surface area contributed by atoms with Crippen molar-refractivity contribution in [3.63, 3.8) is 0 Å². The van der Waals surface area contributed by atoms with E-state index in [0.29, 0.717) is 6.42 Å². The highest BCUT2D eigenvalue weighted by molar-refractivity contribution is 6.08. The van der Waals surface area contributed by atoms with Gasteiger partial charge in [0.15, 0.2) is 5.78 Å². The Morgan fingerprint density at radius 1 is 1.60 bits per heavy atom. The zero-order valence-corrected chi connectivity index (χ0v) is 9.38. The Labute approximate surface area is 89.0 Å². The van der Waals surface area contributed by atoms with E-state index in [1.54, 1.807) is 13.8 Å². The lowest BCUT2D eigenvalue weighted by molar-refractivity contribution is -0.169. The van der Waals surface area contributed by atoms with Crippen molar-refractivity contribution in [2.45, 2.75) is 39.3 Å². The number of Topliss-reactive ketones (excluding diaryl/α,β-unsaturated/α-hetero) is 1. The number of hydrogen-bond donors (Lipinski definition) is 0. The Bertz CT molecular complexity index is 267. The second kappa shape index (κ2) is 4.29. The normalized spacial score (nSPS) is 36.4. The molecule has 0 saturated heterocycles. The zero-order valence-electron chi connectivity index (χ0n) is 9.38. The van der Waals surface area contributed by atoms with Gasteiger partial charge in [-0.1, -0.05) is 13.8 Å². The molecule has 0 spiro atoms. The molecule has 0 aromatic rings. The number of alkyl halides is 1. The summed E-state index contributed by atoms with van der Waals surface area (Å²) in [4.78, 5) is 23.0. The first-order chi connectivity index (χ1) is 6.92. The molecule has 3 atom stereocenters. The molecule has 1 rings (SSSR count). The lowest BCUT2D eigenvalue weighted by atomic mass is 9.72. The van der Waals surface area contributed by atoms with Gasteiger partial charge in [0.2, 0.25) is 0 Å². The molecule has 86 valence electrons. The van der Waals surface area contributed by atoms with Gasteiger partial charge >= 0.3 is 5.97 Å². The summed E-state index contributed by atoms with van der Waals surface area (Å²) >= 11 is 0. The average Bonchev–Trinajstić information content (AvgIpc) is 2.14. The van der Waals surface area contributed by atoms with Crippen molar-refractivity contribution in [2.75, 3.05) is 6.61 Å². The summed E-state index contributed by atoms with van der Waals surface area (Å²) in [5.41, 5.74) is -2.41. The molecule has 0 heterocycles. The summed E-state index contributed by atoms with van der Waals surface area (Å²) in [6.07, 6.45) is 0.667. The van der Waals surface area contributed by atoms with E-state index in [1.165, 1.54) is 0 Å². The minimum atomic E-state index is -2.41. The predicted molar refractivity (Wildman–Crippen MR) is 53.0 cm³/mol. The summed E-state index contributed by atoms with van der Waals surface area (Å²) in [6, 6.07) is 0. The number of carbonyl (C=O) groups excluding carboxylic acids is 2. The third-order valence-corrected chi connectivity index (χ3v) is 2.95. The summed E-state index contributed by atoms with van der Waals surface area (Å²) < 4.78 is 18.9. The highest BCUT2D eigenvalue weighted by atomic mass is 19.1. The lowest BCUT2D eigenvalue weighted by Gasteiger charge is -2.34. The first-order valence-electron chi connectivity index (χ1n) is 5.32. The van der Waals surface area contributed by atoms with E-state index >= 15 is 0 Å². The van der Waals surface area contributed by atoms with Crippen LogP contribution in [0.1, 0.15) is 33.6 Å². The van der Waals surface area contributed by atoms with Crippen LogP contribution in [0, 0.1) is 11.8 Å². The number of halogens is 1. The van der Waals surface area contributed by atoms with Crippen LogP contribution in [0.15, 0.2) is 0 Å². The first-order valence-corrected chi connectivity index (χ1v) is 5.32. The lowest BCUT2D eigenvalue weighted by Crippen LogP contribution is -2.52. The molecule has 0 amide bonds. The Morgan fingerprint density at radius 3 is 2.67 bits per heavy atom. The van der Waals surface area contributed by atoms with Gasteiger partial charge in [-0.3, -0.25) is 4.79 Å². The van der Waals surface area contributed by atoms with Crippen LogP contribution >= 0.6 is 0 Å². The van der Waals surface area contributed by atoms with E-state index in [0.717, 1.165) is 0 Å². The van der Waals surface area contributed by atoms with Crippen LogP contribution in [0.4, 0.5) is 4.39 Å². The molecule has 0 radical (unpaired) electrons. The van der Waals surface area contributed by atoms with Crippen molar-refractivity contribution in [3.05, 3.63) is 0 Å². The van der Waals surface area contributed by atoms with Gasteiger partial charge in [-0.15, -0.1) is 0 Å². The summed E-state index contributed by atoms with van der Waals surface area (Å²) in [7, 11) is 0. The molecule has 0 bridgehead atoms. The van der Waals surface area contributed by atoms with E-state index in [9.17, 15) is 14.0 Å². The van der Waals surface area contributed by atoms with Crippen LogP contribution in [0.3, 0.4) is 0 Å². The molecule has 1 fully saturated rings. The number of esters is 1. The molecular formula is C11H17FO3. The third kappa shape index (κ3) is 2.03. The fraction of sp³-hybridized carbons (Fsp3) is 0.818. The Kier molecular flexibility index (Phi) is 3.47. The molecule has 1 saturated carbocycles. The van der Waals surface area contributed by atoms with E-state index < -0.39 is 23.3 Å². The van der Waals surface area contributed by atoms with Gasteiger partial charge in [-0.05, 0) is 19.3 Å². The molecule has 3 nitrogen and oxygen atoms in total. The van der Waals surface area contributed by atoms with Crippen LogP contribution in [-0.2, 0) is 14.3 Å². The van der Waals surface area contributed by atoms with Crippen LogP contribution in [0.5, 0.6) is 0 Å². The molecule has 3 unspecified atom stereocenters. The molecule has 0 N–H and O–H groups in total. The maximum Gasteiger partial charge on any atom is 0.352 e. The molecule has 0 aliphatic heterocycles. The van der Waals surface area contributed by atoms with Gasteiger partial charge in [-0.2, -0.15) is 0 Å². The quantitative estimate of drug-likeness (QED) is 0.523. The maximum absolute atomic E-state index is 14.3. The van der Waals surface area contributed by atoms with Crippen LogP contribution < -0.4 is 0 Å². The van der Waals surface area contributed by atoms with Gasteiger partial charge in [0.1, 0.15) is 0 Å². The van der Waals surface area contributed by atoms with E-state index in [1.807, 2.05) is 6.92 Å². The van der Waals surface area contributed by atoms with Gasteiger partial charge in [-0.25, -0.2) is 9.18 Å². The fourth-order valence-electron chi connectivity index (χ4n) is 2.14. The predicted octanol–water partition coefficient (Wildman–Crippen LogP) is 1.89. The zero-order chi connectivity index (χ0) is 11.6. The minimum absolute atomic E-state index is 0.0973. The van der Waals surface area contributed by atoms with E-state index in [2.05, 4.69) is 4.74 Å². The number of hydrogen-bond acceptors (Lipinski definition) is 3. The van der Waals surface area contributed by atoms with Crippen molar-refractivity contribution in [1.29, 1.82) is 0 Å². The smallest absolute Gasteiger partial charge is 0.352 e. The topological polar surface area (TPSA) is 43.4 Å². The SMILES string of the molecule is CCOC(=O)C1(F)C(=O)CC(C)CC1C. The van der Waals surface area contributed by atoms with Gasteiger partial charge in [0.25, 0.3) is 5.67 Å². The van der Waals surface area contributed by atoms with Gasteiger partial charge in [0.05, 0.1) is 6.61 Å². The van der Waals surface area contributed by atoms with Crippen molar-refractivity contribution < 1.29 is 18.7 Å². The monoisotopic (exact) mass is 216 g/mol. The van der Waals surface area contributed by atoms with Crippen molar-refractivity contribution >= 4 is 11.8 Å². The largest absolute Gasteiger partial charge is 0.463 e. The summed E-state index contributed by atoms with van der Waals surface area (Å²) in [5, 5.41) is 0. The van der Waals surface area contributed by atoms with Gasteiger partial charge in [0, 0.05) is 12.3 Å². The fourth-order valence-corrected chi connectivity index (χ4v) is 2.14. The number of ether oxygens (including phenoxy) is 1. The van der Waals surface area contributed by atoms with E-state index in [4.69, 9.17) is 0 Å². The van der Waals surface area contributed by atoms with Crippen LogP contribution in [0.2, 0.25) is 0 Å². The van der Waals surface area contributed by atoms with Crippen LogP contribution in [0.25, 0.3) is 0 Å². The number of ketones is 1. The molecule has 0 aromatic carbocycles. The minimum Gasteiger partial charge on any atom is -0.463 e. The molecule has 15 heavy (non-hydrogen) atoms. The molecule has 4 heteroatoms. The Morgan fingerprint density at radius 2 is 2.20 bits per heavy atom. The third-order valence-electron chi connectivity index (χ3n) is 2.95. The number of rotatable bonds is 2. The van der Waals surface area contributed by atoms with Crippen molar-refractivity contribution in [3.8, 4) is 0 Å². The highest BCUT2D eigenvalue weighted by Crippen LogP contribution is 2.38. The molecule has 1 aliphatic carbocycles. The summed E-state index contributed by atoms with van der Waals surface area (Å²) in [6.45, 7) is 5.17. The van der Waals surface area contributed by atoms with Crippen LogP contribution in [-0.4, -0.2) is 24.0 Å². The molecule has 1 aliphatic rings. The number of carbonyl (C=O) groups is 2. The van der Waals surface area contributed by atoms with Gasteiger partial charge < -0.3 is 4.74 Å². The second-order valence-corrected chi connectivity index (χ2v) is 4.30.